The lowest BCUT2D eigenvalue weighted by molar-refractivity contribution is -0.0645. The van der Waals surface area contributed by atoms with Gasteiger partial charge in [-0.1, -0.05) is 60.7 Å². The fourth-order valence-electron chi connectivity index (χ4n) is 4.15. The van der Waals surface area contributed by atoms with Gasteiger partial charge in [0.05, 0.1) is 16.7 Å². The second kappa shape index (κ2) is 12.0. The number of esters is 3. The summed E-state index contributed by atoms with van der Waals surface area (Å²) < 4.78 is 23.1. The van der Waals surface area contributed by atoms with Crippen molar-refractivity contribution in [3.8, 4) is 6.07 Å². The lowest BCUT2D eigenvalue weighted by Crippen LogP contribution is -2.47. The van der Waals surface area contributed by atoms with Gasteiger partial charge >= 0.3 is 17.9 Å². The van der Waals surface area contributed by atoms with E-state index >= 15 is 0 Å². The third kappa shape index (κ3) is 5.80. The molecule has 1 aliphatic heterocycles. The highest BCUT2D eigenvalue weighted by Gasteiger charge is 2.60. The van der Waals surface area contributed by atoms with Crippen LogP contribution in [0, 0.1) is 11.3 Å². The molecule has 0 spiro atoms. The summed E-state index contributed by atoms with van der Waals surface area (Å²) in [4.78, 5) is 38.7. The number of carbonyl (C=O) groups is 3. The van der Waals surface area contributed by atoms with Gasteiger partial charge in [-0.25, -0.2) is 14.4 Å². The number of hydrogen-bond acceptors (Lipinski definition) is 8. The third-order valence-corrected chi connectivity index (χ3v) is 6.01. The lowest BCUT2D eigenvalue weighted by Gasteiger charge is -2.28. The second-order valence-electron chi connectivity index (χ2n) is 8.54. The van der Waals surface area contributed by atoms with E-state index in [0.29, 0.717) is 5.56 Å². The molecule has 8 nitrogen and oxygen atoms in total. The maximum atomic E-state index is 13.0. The standard InChI is InChI=1S/C30H25NO7/c1-2-18-30(20-31)26(37-29(34)23-16-10-5-11-17-23)25(36-28(33)22-14-8-4-9-15-22)24(38-30)19-35-27(32)21-12-6-3-7-13-21/h2-17,24-26H,1,18-19H2/t24-,25-,26-,30-/m1/s1. The number of benzene rings is 3. The molecule has 38 heavy (non-hydrogen) atoms. The lowest BCUT2D eigenvalue weighted by atomic mass is 9.92. The van der Waals surface area contributed by atoms with E-state index in [-0.39, 0.29) is 24.2 Å². The van der Waals surface area contributed by atoms with Crippen molar-refractivity contribution in [2.24, 2.45) is 0 Å². The van der Waals surface area contributed by atoms with Gasteiger partial charge in [-0.2, -0.15) is 5.26 Å². The van der Waals surface area contributed by atoms with Crippen LogP contribution in [0.2, 0.25) is 0 Å². The summed E-state index contributed by atoms with van der Waals surface area (Å²) >= 11 is 0. The Balaban J connectivity index is 1.65. The normalized spacial score (nSPS) is 22.0. The topological polar surface area (TPSA) is 112 Å². The van der Waals surface area contributed by atoms with Gasteiger partial charge in [-0.15, -0.1) is 6.58 Å². The Kier molecular flexibility index (Phi) is 8.31. The molecule has 0 bridgehead atoms. The molecule has 0 aromatic heterocycles. The number of nitriles is 1. The van der Waals surface area contributed by atoms with Crippen molar-refractivity contribution in [2.45, 2.75) is 30.3 Å². The minimum atomic E-state index is -1.74. The zero-order valence-electron chi connectivity index (χ0n) is 20.4. The molecule has 4 atom stereocenters. The fourth-order valence-corrected chi connectivity index (χ4v) is 4.15. The first-order chi connectivity index (χ1) is 18.5. The van der Waals surface area contributed by atoms with E-state index in [1.165, 1.54) is 6.08 Å². The maximum Gasteiger partial charge on any atom is 0.338 e. The Morgan fingerprint density at radius 2 is 1.29 bits per heavy atom. The van der Waals surface area contributed by atoms with Crippen LogP contribution in [0.5, 0.6) is 0 Å². The summed E-state index contributed by atoms with van der Waals surface area (Å²) in [6, 6.07) is 26.8. The van der Waals surface area contributed by atoms with Crippen LogP contribution in [0.4, 0.5) is 0 Å². The Bertz CT molecular complexity index is 1320. The van der Waals surface area contributed by atoms with Crippen LogP contribution in [-0.4, -0.2) is 48.4 Å². The third-order valence-electron chi connectivity index (χ3n) is 6.01. The summed E-state index contributed by atoms with van der Waals surface area (Å²) in [5, 5.41) is 10.2. The van der Waals surface area contributed by atoms with Crippen LogP contribution in [0.1, 0.15) is 37.5 Å². The van der Waals surface area contributed by atoms with E-state index in [0.717, 1.165) is 0 Å². The van der Waals surface area contributed by atoms with Crippen molar-refractivity contribution in [2.75, 3.05) is 6.61 Å². The van der Waals surface area contributed by atoms with Crippen LogP contribution in [0.15, 0.2) is 104 Å². The minimum Gasteiger partial charge on any atom is -0.459 e. The van der Waals surface area contributed by atoms with Crippen LogP contribution in [0.3, 0.4) is 0 Å². The highest BCUT2D eigenvalue weighted by Crippen LogP contribution is 2.39. The van der Waals surface area contributed by atoms with E-state index in [1.54, 1.807) is 91.0 Å². The molecule has 192 valence electrons. The van der Waals surface area contributed by atoms with E-state index in [1.807, 2.05) is 0 Å². The van der Waals surface area contributed by atoms with Gasteiger partial charge in [0.25, 0.3) is 0 Å². The molecule has 4 rings (SSSR count). The fraction of sp³-hybridized carbons (Fsp3) is 0.200. The van der Waals surface area contributed by atoms with E-state index in [4.69, 9.17) is 18.9 Å². The number of nitrogens with zero attached hydrogens (tertiary/aromatic N) is 1. The van der Waals surface area contributed by atoms with Gasteiger partial charge in [0.2, 0.25) is 0 Å². The van der Waals surface area contributed by atoms with E-state index in [2.05, 4.69) is 12.6 Å². The maximum absolute atomic E-state index is 13.0. The molecule has 1 saturated heterocycles. The molecule has 3 aromatic carbocycles. The van der Waals surface area contributed by atoms with E-state index < -0.39 is 41.8 Å². The van der Waals surface area contributed by atoms with Crippen LogP contribution in [-0.2, 0) is 18.9 Å². The number of hydrogen-bond donors (Lipinski definition) is 0. The minimum absolute atomic E-state index is 0.0429. The zero-order valence-corrected chi connectivity index (χ0v) is 20.4. The molecule has 0 saturated carbocycles. The van der Waals surface area contributed by atoms with Crippen molar-refractivity contribution in [1.82, 2.24) is 0 Å². The van der Waals surface area contributed by atoms with Crippen LogP contribution >= 0.6 is 0 Å². The zero-order chi connectivity index (χ0) is 27.0. The SMILES string of the molecule is C=CC[C@]1(C#N)O[C@H](COC(=O)c2ccccc2)[C@@H](OC(=O)c2ccccc2)[C@H]1OC(=O)c1ccccc1. The summed E-state index contributed by atoms with van der Waals surface area (Å²) in [7, 11) is 0. The van der Waals surface area contributed by atoms with Gasteiger partial charge < -0.3 is 18.9 Å². The van der Waals surface area contributed by atoms with Gasteiger partial charge in [-0.3, -0.25) is 0 Å². The number of carbonyl (C=O) groups excluding carboxylic acids is 3. The monoisotopic (exact) mass is 511 g/mol. The predicted molar refractivity (Wildman–Crippen MR) is 136 cm³/mol. The van der Waals surface area contributed by atoms with Gasteiger partial charge in [0.15, 0.2) is 17.8 Å². The molecule has 0 aliphatic carbocycles. The average Bonchev–Trinajstić information content (AvgIpc) is 3.25. The summed E-state index contributed by atoms with van der Waals surface area (Å²) in [6.07, 6.45) is -2.31. The molecule has 1 fully saturated rings. The Labute approximate surface area is 220 Å². The molecule has 0 radical (unpaired) electrons. The summed E-state index contributed by atoms with van der Waals surface area (Å²) in [5.41, 5.74) is -0.936. The number of rotatable bonds is 9. The molecule has 0 unspecified atom stereocenters. The highest BCUT2D eigenvalue weighted by atomic mass is 16.7. The molecule has 1 heterocycles. The van der Waals surface area contributed by atoms with Crippen molar-refractivity contribution in [3.63, 3.8) is 0 Å². The van der Waals surface area contributed by atoms with Crippen LogP contribution < -0.4 is 0 Å². The molecule has 0 N–H and O–H groups in total. The quantitative estimate of drug-likeness (QED) is 0.234. The largest absolute Gasteiger partial charge is 0.459 e. The average molecular weight is 512 g/mol. The predicted octanol–water partition coefficient (Wildman–Crippen LogP) is 4.53. The highest BCUT2D eigenvalue weighted by molar-refractivity contribution is 5.91. The Morgan fingerprint density at radius 3 is 1.76 bits per heavy atom. The van der Waals surface area contributed by atoms with E-state index in [9.17, 15) is 19.6 Å². The van der Waals surface area contributed by atoms with Gasteiger partial charge in [0.1, 0.15) is 18.8 Å². The Hall–Kier alpha value is -4.74. The smallest absolute Gasteiger partial charge is 0.338 e. The Morgan fingerprint density at radius 1 is 0.816 bits per heavy atom. The molecule has 8 heteroatoms. The molecular weight excluding hydrogens is 486 g/mol. The van der Waals surface area contributed by atoms with Crippen LogP contribution in [0.25, 0.3) is 0 Å². The second-order valence-corrected chi connectivity index (χ2v) is 8.54. The first-order valence-corrected chi connectivity index (χ1v) is 11.9. The van der Waals surface area contributed by atoms with Crippen molar-refractivity contribution >= 4 is 17.9 Å². The van der Waals surface area contributed by atoms with Crippen molar-refractivity contribution in [1.29, 1.82) is 5.26 Å². The molecular formula is C30H25NO7. The first kappa shape index (κ1) is 26.3. The number of ether oxygens (including phenoxy) is 4. The summed E-state index contributed by atoms with van der Waals surface area (Å²) in [6.45, 7) is 3.34. The summed E-state index contributed by atoms with van der Waals surface area (Å²) in [5.74, 6) is -2.07. The molecule has 0 amide bonds. The first-order valence-electron chi connectivity index (χ1n) is 11.9. The van der Waals surface area contributed by atoms with Crippen molar-refractivity contribution in [3.05, 3.63) is 120 Å². The molecule has 3 aromatic rings. The van der Waals surface area contributed by atoms with Gasteiger partial charge in [0, 0.05) is 6.42 Å². The van der Waals surface area contributed by atoms with Crippen molar-refractivity contribution < 1.29 is 33.3 Å². The molecule has 1 aliphatic rings. The van der Waals surface area contributed by atoms with Gasteiger partial charge in [-0.05, 0) is 36.4 Å².